The summed E-state index contributed by atoms with van der Waals surface area (Å²) in [5.41, 5.74) is 3.95. The molecule has 0 spiro atoms. The third kappa shape index (κ3) is 3.33. The van der Waals surface area contributed by atoms with Crippen LogP contribution in [0.2, 0.25) is 0 Å². The van der Waals surface area contributed by atoms with Crippen LogP contribution in [-0.2, 0) is 30.3 Å². The predicted molar refractivity (Wildman–Crippen MR) is 92.2 cm³/mol. The largest absolute Gasteiger partial charge is 0.347 e. The van der Waals surface area contributed by atoms with Crippen molar-refractivity contribution >= 4 is 17.8 Å². The molecule has 5 heteroatoms. The number of hydrogen-bond donors (Lipinski definition) is 0. The maximum Gasteiger partial charge on any atom is 0.260 e. The Balaban J connectivity index is 0.00000208. The van der Waals surface area contributed by atoms with Gasteiger partial charge in [-0.1, -0.05) is 47.1 Å². The van der Waals surface area contributed by atoms with Gasteiger partial charge in [-0.25, -0.2) is 0 Å². The Morgan fingerprint density at radius 1 is 1.08 bits per heavy atom. The number of aliphatic imine (C=N–C) groups is 2. The van der Waals surface area contributed by atoms with Gasteiger partial charge in [-0.3, -0.25) is 14.8 Å². The quantitative estimate of drug-likeness (QED) is 0.514. The summed E-state index contributed by atoms with van der Waals surface area (Å²) in [4.78, 5) is 25.6. The number of carbonyl (C=O) groups excluding carboxylic acids is 1. The summed E-state index contributed by atoms with van der Waals surface area (Å²) in [7, 11) is 0. The van der Waals surface area contributed by atoms with Gasteiger partial charge in [-0.15, -0.1) is 12.1 Å². The van der Waals surface area contributed by atoms with Crippen LogP contribution < -0.4 is 0 Å². The molecule has 1 radical (unpaired) electrons. The molecule has 2 aliphatic heterocycles. The first-order valence-electron chi connectivity index (χ1n) is 7.89. The van der Waals surface area contributed by atoms with Crippen molar-refractivity contribution in [2.75, 3.05) is 0 Å². The summed E-state index contributed by atoms with van der Waals surface area (Å²) in [6, 6.07) is 4.98. The molecule has 1 unspecified atom stereocenters. The Hall–Kier alpha value is -1.45. The first kappa shape index (κ1) is 18.9. The average Bonchev–Trinajstić information content (AvgIpc) is 2.43. The van der Waals surface area contributed by atoms with Crippen LogP contribution in [0.5, 0.6) is 0 Å². The average molecular weight is 501 g/mol. The minimum atomic E-state index is -0.225. The van der Waals surface area contributed by atoms with Crippen LogP contribution >= 0.6 is 0 Å². The smallest absolute Gasteiger partial charge is 0.260 e. The second kappa shape index (κ2) is 6.12. The zero-order valence-electron chi connectivity index (χ0n) is 14.9. The second-order valence-electron chi connectivity index (χ2n) is 8.16. The van der Waals surface area contributed by atoms with Crippen LogP contribution in [0.15, 0.2) is 27.7 Å². The molecular weight excluding hydrogens is 478 g/mol. The first-order valence-corrected chi connectivity index (χ1v) is 7.89. The van der Waals surface area contributed by atoms with Crippen LogP contribution in [0, 0.1) is 11.5 Å². The van der Waals surface area contributed by atoms with E-state index in [-0.39, 0.29) is 42.9 Å². The molecule has 24 heavy (non-hydrogen) atoms. The number of carbonyl (C=O) groups is 1. The number of rotatable bonds is 0. The van der Waals surface area contributed by atoms with E-state index in [0.29, 0.717) is 5.71 Å². The van der Waals surface area contributed by atoms with Crippen molar-refractivity contribution < 1.29 is 24.9 Å². The van der Waals surface area contributed by atoms with Gasteiger partial charge in [-0.05, 0) is 27.8 Å². The number of aromatic nitrogens is 1. The van der Waals surface area contributed by atoms with E-state index in [1.54, 1.807) is 12.3 Å². The summed E-state index contributed by atoms with van der Waals surface area (Å²) in [5, 5.41) is 0. The summed E-state index contributed by atoms with van der Waals surface area (Å²) in [6.07, 6.45) is 3.41. The zero-order chi connectivity index (χ0) is 17.0. The van der Waals surface area contributed by atoms with E-state index in [2.05, 4.69) is 57.6 Å². The summed E-state index contributed by atoms with van der Waals surface area (Å²) in [6.45, 7) is 12.6. The van der Waals surface area contributed by atoms with E-state index in [9.17, 15) is 4.79 Å². The zero-order valence-corrected chi connectivity index (χ0v) is 17.3. The molecule has 0 fully saturated rings. The minimum Gasteiger partial charge on any atom is -0.347 e. The summed E-state index contributed by atoms with van der Waals surface area (Å²) >= 11 is 0. The molecule has 0 aliphatic carbocycles. The van der Waals surface area contributed by atoms with Crippen molar-refractivity contribution in [3.63, 3.8) is 0 Å². The molecule has 0 aromatic carbocycles. The van der Waals surface area contributed by atoms with Crippen molar-refractivity contribution in [1.29, 1.82) is 0 Å². The fourth-order valence-electron chi connectivity index (χ4n) is 2.80. The van der Waals surface area contributed by atoms with Gasteiger partial charge in [0.25, 0.3) is 5.91 Å². The van der Waals surface area contributed by atoms with E-state index in [1.165, 1.54) is 0 Å². The van der Waals surface area contributed by atoms with Gasteiger partial charge >= 0.3 is 0 Å². The van der Waals surface area contributed by atoms with E-state index in [1.807, 2.05) is 6.07 Å². The molecule has 0 saturated heterocycles. The number of nitrogens with zero attached hydrogens (tertiary/aromatic N) is 3. The van der Waals surface area contributed by atoms with Crippen molar-refractivity contribution in [2.45, 2.75) is 53.0 Å². The van der Waals surface area contributed by atoms with Crippen LogP contribution in [0.4, 0.5) is 0 Å². The standard InChI is InChI=1S/C19H22N3O.Ir/c1-18(2,3)12-9-15(23)22-16-11-7-8-14(19(4,5)6)21-13(11)10-20-17(12)16;/h8-10,17H,1-6H3;/q-1;. The molecular formula is C19H22IrN3O-. The molecule has 129 valence electrons. The van der Waals surface area contributed by atoms with Gasteiger partial charge < -0.3 is 4.98 Å². The van der Waals surface area contributed by atoms with Gasteiger partial charge in [0, 0.05) is 38.1 Å². The Morgan fingerprint density at radius 3 is 2.33 bits per heavy atom. The number of fused-ring (bicyclic) bond motifs is 3. The van der Waals surface area contributed by atoms with Crippen LogP contribution in [0.1, 0.15) is 58.5 Å². The third-order valence-electron chi connectivity index (χ3n) is 4.15. The molecule has 0 N–H and O–H groups in total. The monoisotopic (exact) mass is 501 g/mol. The SMILES string of the molecule is CC(C)(C)C1=CC(=O)N=C2c3[c-]cc(C(C)(C)C)nc3C=NC12.[Ir]. The number of dihydropyridines is 1. The molecule has 4 nitrogen and oxygen atoms in total. The van der Waals surface area contributed by atoms with E-state index >= 15 is 0 Å². The van der Waals surface area contributed by atoms with Crippen molar-refractivity contribution in [1.82, 2.24) is 4.98 Å². The molecule has 1 aromatic heterocycles. The number of pyridine rings is 1. The normalized spacial score (nSPS) is 19.8. The van der Waals surface area contributed by atoms with Crippen LogP contribution in [-0.4, -0.2) is 28.9 Å². The molecule has 3 rings (SSSR count). The van der Waals surface area contributed by atoms with Gasteiger partial charge in [0.05, 0.1) is 6.04 Å². The Labute approximate surface area is 156 Å². The predicted octanol–water partition coefficient (Wildman–Crippen LogP) is 3.28. The van der Waals surface area contributed by atoms with Gasteiger partial charge in [0.1, 0.15) is 0 Å². The van der Waals surface area contributed by atoms with Crippen LogP contribution in [0.3, 0.4) is 0 Å². The van der Waals surface area contributed by atoms with Gasteiger partial charge in [0.2, 0.25) is 0 Å². The third-order valence-corrected chi connectivity index (χ3v) is 4.15. The Bertz CT molecular complexity index is 777. The van der Waals surface area contributed by atoms with Gasteiger partial charge in [-0.2, -0.15) is 0 Å². The summed E-state index contributed by atoms with van der Waals surface area (Å²) < 4.78 is 0. The molecule has 1 aromatic rings. The van der Waals surface area contributed by atoms with E-state index in [4.69, 9.17) is 4.98 Å². The maximum atomic E-state index is 12.1. The molecule has 3 heterocycles. The topological polar surface area (TPSA) is 54.7 Å². The first-order chi connectivity index (χ1) is 10.6. The van der Waals surface area contributed by atoms with Crippen molar-refractivity contribution in [3.05, 3.63) is 40.7 Å². The van der Waals surface area contributed by atoms with E-state index in [0.717, 1.165) is 22.5 Å². The number of hydrogen-bond acceptors (Lipinski definition) is 3. The van der Waals surface area contributed by atoms with E-state index < -0.39 is 0 Å². The van der Waals surface area contributed by atoms with Gasteiger partial charge in [0.15, 0.2) is 0 Å². The maximum absolute atomic E-state index is 12.1. The summed E-state index contributed by atoms with van der Waals surface area (Å²) in [5.74, 6) is -0.225. The fraction of sp³-hybridized carbons (Fsp3) is 0.474. The Morgan fingerprint density at radius 2 is 1.75 bits per heavy atom. The minimum absolute atomic E-state index is 0. The molecule has 1 atom stereocenters. The van der Waals surface area contributed by atoms with Crippen molar-refractivity contribution in [2.24, 2.45) is 15.4 Å². The molecule has 2 aliphatic rings. The Kier molecular flexibility index (Phi) is 4.82. The number of amides is 1. The molecule has 1 amide bonds. The molecule has 0 saturated carbocycles. The molecule has 0 bridgehead atoms. The van der Waals surface area contributed by atoms with Crippen LogP contribution in [0.25, 0.3) is 0 Å². The fourth-order valence-corrected chi connectivity index (χ4v) is 2.80. The van der Waals surface area contributed by atoms with Crippen molar-refractivity contribution in [3.8, 4) is 0 Å². The second-order valence-corrected chi connectivity index (χ2v) is 8.16.